The van der Waals surface area contributed by atoms with Crippen LogP contribution in [0.25, 0.3) is 0 Å². The molecule has 2 amide bonds. The molecule has 2 heterocycles. The van der Waals surface area contributed by atoms with Gasteiger partial charge < -0.3 is 15.5 Å². The molecule has 2 N–H and O–H groups in total. The molecule has 2 saturated heterocycles. The minimum Gasteiger partial charge on any atom is -0.369 e. The molecule has 1 aromatic rings. The maximum atomic E-state index is 12.8. The van der Waals surface area contributed by atoms with Gasteiger partial charge in [0.15, 0.2) is 0 Å². The number of primary amides is 1. The Kier molecular flexibility index (Phi) is 7.84. The van der Waals surface area contributed by atoms with Crippen molar-refractivity contribution in [3.8, 4) is 0 Å². The van der Waals surface area contributed by atoms with Crippen molar-refractivity contribution in [2.24, 2.45) is 11.7 Å². The molecule has 32 heavy (non-hydrogen) atoms. The molecule has 2 aliphatic heterocycles. The quantitative estimate of drug-likeness (QED) is 0.639. The summed E-state index contributed by atoms with van der Waals surface area (Å²) < 4.78 is 0. The molecule has 0 radical (unpaired) electrons. The predicted octanol–water partition coefficient (Wildman–Crippen LogP) is 2.23. The number of carbonyl (C=O) groups excluding carboxylic acids is 2. The molecule has 4 rings (SSSR count). The number of hydrogen-bond donors (Lipinski definition) is 1. The van der Waals surface area contributed by atoms with Gasteiger partial charge in [-0.1, -0.05) is 25.1 Å². The molecular formula is C26H40N4O2. The van der Waals surface area contributed by atoms with E-state index in [2.05, 4.69) is 27.7 Å². The minimum absolute atomic E-state index is 0.275. The first-order valence-electron chi connectivity index (χ1n) is 12.6. The Balaban J connectivity index is 1.19. The Morgan fingerprint density at radius 1 is 0.969 bits per heavy atom. The highest BCUT2D eigenvalue weighted by molar-refractivity contribution is 5.77. The lowest BCUT2D eigenvalue weighted by Gasteiger charge is -2.43. The zero-order valence-electron chi connectivity index (χ0n) is 19.7. The maximum absolute atomic E-state index is 12.8. The first-order valence-corrected chi connectivity index (χ1v) is 12.6. The molecule has 176 valence electrons. The van der Waals surface area contributed by atoms with Crippen LogP contribution in [0.3, 0.4) is 0 Å². The summed E-state index contributed by atoms with van der Waals surface area (Å²) in [6, 6.07) is 6.83. The van der Waals surface area contributed by atoms with Crippen molar-refractivity contribution in [1.82, 2.24) is 14.7 Å². The second-order valence-electron chi connectivity index (χ2n) is 9.99. The van der Waals surface area contributed by atoms with E-state index in [0.717, 1.165) is 55.8 Å². The average Bonchev–Trinajstić information content (AvgIpc) is 3.62. The van der Waals surface area contributed by atoms with Crippen molar-refractivity contribution in [2.75, 3.05) is 45.8 Å². The van der Waals surface area contributed by atoms with Crippen LogP contribution in [0.1, 0.15) is 55.7 Å². The summed E-state index contributed by atoms with van der Waals surface area (Å²) in [5.41, 5.74) is 8.69. The molecule has 0 aromatic heterocycles. The standard InChI is InChI=1S/C26H40N4O2/c1-2-22-17-20(5-7-23(22)18-25(27)31)6-8-26(32)30-11-9-24(10-12-30)29-15-13-28(14-16-29)19-21-3-4-21/h5,7,17,21,24H,2-4,6,8-16,18-19H2,1H3,(H2,27,31). The van der Waals surface area contributed by atoms with E-state index in [1.807, 2.05) is 12.1 Å². The fourth-order valence-corrected chi connectivity index (χ4v) is 5.39. The number of carbonyl (C=O) groups is 2. The monoisotopic (exact) mass is 440 g/mol. The lowest BCUT2D eigenvalue weighted by Crippen LogP contribution is -2.54. The van der Waals surface area contributed by atoms with E-state index < -0.39 is 0 Å². The maximum Gasteiger partial charge on any atom is 0.222 e. The van der Waals surface area contributed by atoms with Gasteiger partial charge in [-0.3, -0.25) is 14.5 Å². The highest BCUT2D eigenvalue weighted by atomic mass is 16.2. The minimum atomic E-state index is -0.300. The van der Waals surface area contributed by atoms with Gasteiger partial charge in [-0.25, -0.2) is 0 Å². The van der Waals surface area contributed by atoms with E-state index in [4.69, 9.17) is 5.73 Å². The van der Waals surface area contributed by atoms with Crippen molar-refractivity contribution < 1.29 is 9.59 Å². The Morgan fingerprint density at radius 3 is 2.31 bits per heavy atom. The van der Waals surface area contributed by atoms with Crippen LogP contribution in [-0.4, -0.2) is 78.4 Å². The smallest absolute Gasteiger partial charge is 0.222 e. The summed E-state index contributed by atoms with van der Waals surface area (Å²) in [7, 11) is 0. The van der Waals surface area contributed by atoms with Crippen molar-refractivity contribution in [2.45, 2.75) is 64.3 Å². The number of benzene rings is 1. The van der Waals surface area contributed by atoms with E-state index in [0.29, 0.717) is 12.5 Å². The third-order valence-corrected chi connectivity index (χ3v) is 7.60. The molecule has 1 aromatic carbocycles. The number of nitrogens with zero attached hydrogens (tertiary/aromatic N) is 3. The van der Waals surface area contributed by atoms with E-state index >= 15 is 0 Å². The normalized spacial score (nSPS) is 21.1. The molecular weight excluding hydrogens is 400 g/mol. The van der Waals surface area contributed by atoms with E-state index in [1.54, 1.807) is 0 Å². The third kappa shape index (κ3) is 6.32. The topological polar surface area (TPSA) is 69.9 Å². The number of amides is 2. The van der Waals surface area contributed by atoms with Crippen LogP contribution in [0.2, 0.25) is 0 Å². The molecule has 3 fully saturated rings. The third-order valence-electron chi connectivity index (χ3n) is 7.60. The molecule has 1 saturated carbocycles. The second-order valence-corrected chi connectivity index (χ2v) is 9.99. The fourth-order valence-electron chi connectivity index (χ4n) is 5.39. The molecule has 6 nitrogen and oxygen atoms in total. The number of piperazine rings is 1. The number of hydrogen-bond acceptors (Lipinski definition) is 4. The van der Waals surface area contributed by atoms with Crippen molar-refractivity contribution in [3.05, 3.63) is 34.9 Å². The van der Waals surface area contributed by atoms with Crippen molar-refractivity contribution in [1.29, 1.82) is 0 Å². The zero-order chi connectivity index (χ0) is 22.5. The SMILES string of the molecule is CCc1cc(CCC(=O)N2CCC(N3CCN(CC4CC4)CC3)CC2)ccc1CC(N)=O. The Hall–Kier alpha value is -1.92. The zero-order valence-corrected chi connectivity index (χ0v) is 19.7. The molecule has 0 atom stereocenters. The highest BCUT2D eigenvalue weighted by Crippen LogP contribution is 2.30. The van der Waals surface area contributed by atoms with Gasteiger partial charge in [-0.15, -0.1) is 0 Å². The van der Waals surface area contributed by atoms with Crippen LogP contribution in [0, 0.1) is 5.92 Å². The fraction of sp³-hybridized carbons (Fsp3) is 0.692. The van der Waals surface area contributed by atoms with Gasteiger partial charge in [-0.2, -0.15) is 0 Å². The summed E-state index contributed by atoms with van der Waals surface area (Å²) in [6.07, 6.45) is 7.56. The van der Waals surface area contributed by atoms with Crippen LogP contribution in [0.4, 0.5) is 0 Å². The van der Waals surface area contributed by atoms with E-state index in [1.165, 1.54) is 51.1 Å². The molecule has 1 aliphatic carbocycles. The highest BCUT2D eigenvalue weighted by Gasteiger charge is 2.31. The van der Waals surface area contributed by atoms with Gasteiger partial charge in [0, 0.05) is 58.3 Å². The molecule has 3 aliphatic rings. The molecule has 0 spiro atoms. The van der Waals surface area contributed by atoms with Crippen molar-refractivity contribution >= 4 is 11.8 Å². The Bertz CT molecular complexity index is 791. The van der Waals surface area contributed by atoms with Gasteiger partial charge in [0.2, 0.25) is 11.8 Å². The number of likely N-dealkylation sites (tertiary alicyclic amines) is 1. The summed E-state index contributed by atoms with van der Waals surface area (Å²) in [4.78, 5) is 31.5. The van der Waals surface area contributed by atoms with Crippen LogP contribution in [-0.2, 0) is 28.9 Å². The van der Waals surface area contributed by atoms with Gasteiger partial charge in [-0.05, 0) is 61.1 Å². The van der Waals surface area contributed by atoms with Gasteiger partial charge in [0.05, 0.1) is 6.42 Å². The number of nitrogens with two attached hydrogens (primary N) is 1. The summed E-state index contributed by atoms with van der Waals surface area (Å²) in [5.74, 6) is 0.959. The number of piperidine rings is 1. The predicted molar refractivity (Wildman–Crippen MR) is 127 cm³/mol. The van der Waals surface area contributed by atoms with Crippen LogP contribution in [0.15, 0.2) is 18.2 Å². The molecule has 6 heteroatoms. The van der Waals surface area contributed by atoms with E-state index in [9.17, 15) is 9.59 Å². The summed E-state index contributed by atoms with van der Waals surface area (Å²) >= 11 is 0. The van der Waals surface area contributed by atoms with Crippen LogP contribution >= 0.6 is 0 Å². The largest absolute Gasteiger partial charge is 0.369 e. The first kappa shape index (κ1) is 23.2. The van der Waals surface area contributed by atoms with Gasteiger partial charge in [0.25, 0.3) is 0 Å². The molecule has 0 bridgehead atoms. The summed E-state index contributed by atoms with van der Waals surface area (Å²) in [6.45, 7) is 10.0. The van der Waals surface area contributed by atoms with E-state index in [-0.39, 0.29) is 18.2 Å². The van der Waals surface area contributed by atoms with Crippen molar-refractivity contribution in [3.63, 3.8) is 0 Å². The van der Waals surface area contributed by atoms with Crippen LogP contribution < -0.4 is 5.73 Å². The number of aryl methyl sites for hydroxylation is 2. The summed E-state index contributed by atoms with van der Waals surface area (Å²) in [5, 5.41) is 0. The number of rotatable bonds is 9. The first-order chi connectivity index (χ1) is 15.5. The lowest BCUT2D eigenvalue weighted by atomic mass is 9.97. The average molecular weight is 441 g/mol. The lowest BCUT2D eigenvalue weighted by molar-refractivity contribution is -0.132. The van der Waals surface area contributed by atoms with Gasteiger partial charge >= 0.3 is 0 Å². The second kappa shape index (κ2) is 10.8. The molecule has 0 unspecified atom stereocenters. The Morgan fingerprint density at radius 2 is 1.69 bits per heavy atom. The van der Waals surface area contributed by atoms with Crippen LogP contribution in [0.5, 0.6) is 0 Å². The van der Waals surface area contributed by atoms with Gasteiger partial charge in [0.1, 0.15) is 0 Å². The Labute approximate surface area is 193 Å².